The molecule has 1 spiro atoms. The van der Waals surface area contributed by atoms with Crippen molar-refractivity contribution >= 4 is 27.9 Å². The summed E-state index contributed by atoms with van der Waals surface area (Å²) in [7, 11) is 0. The van der Waals surface area contributed by atoms with Gasteiger partial charge in [0.25, 0.3) is 5.91 Å². The van der Waals surface area contributed by atoms with Crippen molar-refractivity contribution in [3.05, 3.63) is 33.8 Å². The van der Waals surface area contributed by atoms with Crippen LogP contribution in [-0.2, 0) is 4.74 Å². The number of ether oxygens (including phenoxy) is 1. The maximum Gasteiger partial charge on any atom is 0.410 e. The Bertz CT molecular complexity index is 707. The number of hydrogen-bond donors (Lipinski definition) is 0. The summed E-state index contributed by atoms with van der Waals surface area (Å²) in [5.41, 5.74) is 1.02. The minimum atomic E-state index is -0.507. The van der Waals surface area contributed by atoms with Crippen LogP contribution in [0.2, 0.25) is 0 Å². The molecule has 1 heterocycles. The standard InChI is InChI=1S/C19H25BrN2O3/c1-13-5-6-15(20)14(11-13)16(23)22-10-9-21(12-19(22)7-8-19)17(24)25-18(2,3)4/h5-6,11H,7-10,12H2,1-4H3. The minimum absolute atomic E-state index is 0.0388. The first-order valence-electron chi connectivity index (χ1n) is 8.67. The minimum Gasteiger partial charge on any atom is -0.444 e. The van der Waals surface area contributed by atoms with Crippen molar-refractivity contribution in [2.24, 2.45) is 0 Å². The van der Waals surface area contributed by atoms with Crippen molar-refractivity contribution in [1.29, 1.82) is 0 Å². The Morgan fingerprint density at radius 3 is 2.48 bits per heavy atom. The third-order valence-electron chi connectivity index (χ3n) is 4.73. The van der Waals surface area contributed by atoms with Crippen LogP contribution < -0.4 is 0 Å². The highest BCUT2D eigenvalue weighted by Gasteiger charge is 2.54. The van der Waals surface area contributed by atoms with E-state index in [1.54, 1.807) is 4.90 Å². The van der Waals surface area contributed by atoms with E-state index in [-0.39, 0.29) is 17.5 Å². The van der Waals surface area contributed by atoms with Crippen LogP contribution in [0.4, 0.5) is 4.79 Å². The average Bonchev–Trinajstić information content (AvgIpc) is 3.27. The molecule has 0 aromatic heterocycles. The Morgan fingerprint density at radius 1 is 1.20 bits per heavy atom. The molecule has 0 bridgehead atoms. The zero-order valence-corrected chi connectivity index (χ0v) is 16.9. The van der Waals surface area contributed by atoms with Crippen molar-refractivity contribution < 1.29 is 14.3 Å². The molecule has 1 aromatic rings. The van der Waals surface area contributed by atoms with Crippen molar-refractivity contribution in [3.8, 4) is 0 Å². The number of benzene rings is 1. The molecule has 1 aliphatic carbocycles. The summed E-state index contributed by atoms with van der Waals surface area (Å²) in [4.78, 5) is 29.2. The lowest BCUT2D eigenvalue weighted by atomic mass is 10.1. The number of rotatable bonds is 1. The summed E-state index contributed by atoms with van der Waals surface area (Å²) in [6.45, 7) is 9.18. The van der Waals surface area contributed by atoms with Gasteiger partial charge in [0.05, 0.1) is 11.1 Å². The second-order valence-electron chi connectivity index (χ2n) is 8.07. The molecule has 6 heteroatoms. The normalized spacial score (nSPS) is 19.1. The topological polar surface area (TPSA) is 49.9 Å². The van der Waals surface area contributed by atoms with Gasteiger partial charge in [0, 0.05) is 24.1 Å². The van der Waals surface area contributed by atoms with Gasteiger partial charge in [-0.25, -0.2) is 4.79 Å². The fourth-order valence-corrected chi connectivity index (χ4v) is 3.71. The van der Waals surface area contributed by atoms with Crippen LogP contribution in [0.1, 0.15) is 49.5 Å². The van der Waals surface area contributed by atoms with E-state index in [0.717, 1.165) is 22.9 Å². The van der Waals surface area contributed by atoms with Gasteiger partial charge in [-0.2, -0.15) is 0 Å². The second kappa shape index (κ2) is 6.31. The molecule has 1 aliphatic heterocycles. The Kier molecular flexibility index (Phi) is 4.60. The van der Waals surface area contributed by atoms with Gasteiger partial charge in [-0.05, 0) is 68.6 Å². The van der Waals surface area contributed by atoms with Crippen molar-refractivity contribution in [2.75, 3.05) is 19.6 Å². The highest BCUT2D eigenvalue weighted by molar-refractivity contribution is 9.10. The summed E-state index contributed by atoms with van der Waals surface area (Å²) in [5, 5.41) is 0. The first-order valence-corrected chi connectivity index (χ1v) is 9.47. The largest absolute Gasteiger partial charge is 0.444 e. The van der Waals surface area contributed by atoms with Crippen LogP contribution in [0.3, 0.4) is 0 Å². The summed E-state index contributed by atoms with van der Waals surface area (Å²) < 4.78 is 6.30. The number of amides is 2. The van der Waals surface area contributed by atoms with Crippen LogP contribution in [0.25, 0.3) is 0 Å². The predicted molar refractivity (Wildman–Crippen MR) is 99.7 cm³/mol. The number of piperazine rings is 1. The molecule has 0 atom stereocenters. The fourth-order valence-electron chi connectivity index (χ4n) is 3.30. The molecule has 3 rings (SSSR count). The summed E-state index contributed by atoms with van der Waals surface area (Å²) in [6.07, 6.45) is 1.57. The lowest BCUT2D eigenvalue weighted by Gasteiger charge is -2.42. The van der Waals surface area contributed by atoms with Crippen LogP contribution in [-0.4, -0.2) is 52.6 Å². The molecule has 0 N–H and O–H groups in total. The van der Waals surface area contributed by atoms with Gasteiger partial charge in [0.1, 0.15) is 5.60 Å². The van der Waals surface area contributed by atoms with Gasteiger partial charge in [-0.15, -0.1) is 0 Å². The van der Waals surface area contributed by atoms with E-state index in [1.165, 1.54) is 0 Å². The number of hydrogen-bond acceptors (Lipinski definition) is 3. The van der Waals surface area contributed by atoms with Gasteiger partial charge in [0.2, 0.25) is 0 Å². The number of carbonyl (C=O) groups excluding carboxylic acids is 2. The third-order valence-corrected chi connectivity index (χ3v) is 5.42. The number of halogens is 1. The van der Waals surface area contributed by atoms with Crippen LogP contribution in [0, 0.1) is 6.92 Å². The Labute approximate surface area is 157 Å². The average molecular weight is 409 g/mol. The summed E-state index contributed by atoms with van der Waals surface area (Å²) >= 11 is 3.49. The molecule has 5 nitrogen and oxygen atoms in total. The Morgan fingerprint density at radius 2 is 1.88 bits per heavy atom. The first-order chi connectivity index (χ1) is 11.6. The van der Waals surface area contributed by atoms with Gasteiger partial charge < -0.3 is 14.5 Å². The van der Waals surface area contributed by atoms with Crippen molar-refractivity contribution in [2.45, 2.75) is 51.7 Å². The molecule has 1 saturated heterocycles. The molecule has 2 fully saturated rings. The van der Waals surface area contributed by atoms with Gasteiger partial charge in [0.15, 0.2) is 0 Å². The molecule has 2 aliphatic rings. The maximum atomic E-state index is 13.1. The molecule has 25 heavy (non-hydrogen) atoms. The monoisotopic (exact) mass is 408 g/mol. The summed E-state index contributed by atoms with van der Waals surface area (Å²) in [5.74, 6) is 0.0388. The van der Waals surface area contributed by atoms with E-state index in [1.807, 2.05) is 50.8 Å². The Balaban J connectivity index is 1.75. The van der Waals surface area contributed by atoms with Gasteiger partial charge in [-0.1, -0.05) is 11.6 Å². The van der Waals surface area contributed by atoms with E-state index in [2.05, 4.69) is 15.9 Å². The number of aryl methyl sites for hydroxylation is 1. The van der Waals surface area contributed by atoms with E-state index in [9.17, 15) is 9.59 Å². The van der Waals surface area contributed by atoms with Crippen LogP contribution >= 0.6 is 15.9 Å². The molecule has 1 saturated carbocycles. The lowest BCUT2D eigenvalue weighted by molar-refractivity contribution is 0.000612. The van der Waals surface area contributed by atoms with Crippen molar-refractivity contribution in [1.82, 2.24) is 9.80 Å². The highest BCUT2D eigenvalue weighted by atomic mass is 79.9. The van der Waals surface area contributed by atoms with Crippen molar-refractivity contribution in [3.63, 3.8) is 0 Å². The SMILES string of the molecule is Cc1ccc(Br)c(C(=O)N2CCN(C(=O)OC(C)(C)C)CC23CC3)c1. The number of carbonyl (C=O) groups is 2. The zero-order chi connectivity index (χ0) is 18.4. The molecule has 1 aromatic carbocycles. The quantitative estimate of drug-likeness (QED) is 0.705. The molecule has 0 radical (unpaired) electrons. The highest BCUT2D eigenvalue weighted by Crippen LogP contribution is 2.45. The maximum absolute atomic E-state index is 13.1. The van der Waals surface area contributed by atoms with E-state index in [0.29, 0.717) is 25.2 Å². The molecular formula is C19H25BrN2O3. The first kappa shape index (κ1) is 18.2. The molecular weight excluding hydrogens is 384 g/mol. The van der Waals surface area contributed by atoms with Gasteiger partial charge >= 0.3 is 6.09 Å². The van der Waals surface area contributed by atoms with E-state index in [4.69, 9.17) is 4.74 Å². The number of nitrogens with zero attached hydrogens (tertiary/aromatic N) is 2. The fraction of sp³-hybridized carbons (Fsp3) is 0.579. The predicted octanol–water partition coefficient (Wildman–Crippen LogP) is 3.98. The van der Waals surface area contributed by atoms with E-state index < -0.39 is 5.60 Å². The molecule has 0 unspecified atom stereocenters. The smallest absolute Gasteiger partial charge is 0.410 e. The van der Waals surface area contributed by atoms with E-state index >= 15 is 0 Å². The lowest BCUT2D eigenvalue weighted by Crippen LogP contribution is -2.58. The molecule has 2 amide bonds. The Hall–Kier alpha value is -1.56. The third kappa shape index (κ3) is 3.84. The zero-order valence-electron chi connectivity index (χ0n) is 15.3. The summed E-state index contributed by atoms with van der Waals surface area (Å²) in [6, 6.07) is 5.82. The van der Waals surface area contributed by atoms with Gasteiger partial charge in [-0.3, -0.25) is 4.79 Å². The second-order valence-corrected chi connectivity index (χ2v) is 8.92. The van der Waals surface area contributed by atoms with Crippen LogP contribution in [0.15, 0.2) is 22.7 Å². The van der Waals surface area contributed by atoms with Crippen LogP contribution in [0.5, 0.6) is 0 Å². The molecule has 136 valence electrons.